The van der Waals surface area contributed by atoms with E-state index in [-0.39, 0.29) is 11.5 Å². The van der Waals surface area contributed by atoms with E-state index in [0.717, 1.165) is 31.2 Å². The van der Waals surface area contributed by atoms with Crippen LogP contribution < -0.4 is 0 Å². The molecule has 0 spiro atoms. The molecule has 1 atom stereocenters. The number of unbranched alkanes of at least 4 members (excludes halogenated alkanes) is 5. The van der Waals surface area contributed by atoms with E-state index in [4.69, 9.17) is 9.47 Å². The van der Waals surface area contributed by atoms with Crippen molar-refractivity contribution >= 4 is 0 Å². The highest BCUT2D eigenvalue weighted by Crippen LogP contribution is 2.40. The van der Waals surface area contributed by atoms with E-state index in [2.05, 4.69) is 6.92 Å². The van der Waals surface area contributed by atoms with Gasteiger partial charge in [0, 0.05) is 20.1 Å². The summed E-state index contributed by atoms with van der Waals surface area (Å²) < 4.78 is 80.7. The first-order chi connectivity index (χ1) is 15.8. The summed E-state index contributed by atoms with van der Waals surface area (Å²) in [6.07, 6.45) is 8.05. The minimum atomic E-state index is -2.17. The maximum absolute atomic E-state index is 14.2. The van der Waals surface area contributed by atoms with Crippen molar-refractivity contribution in [3.8, 4) is 11.1 Å². The molecule has 0 aliphatic heterocycles. The van der Waals surface area contributed by atoms with Crippen LogP contribution in [0.5, 0.6) is 0 Å². The summed E-state index contributed by atoms with van der Waals surface area (Å²) >= 11 is 0. The first kappa shape index (κ1) is 27.3. The molecule has 2 aromatic carbocycles. The monoisotopic (exact) mass is 472 g/mol. The molecule has 0 aliphatic carbocycles. The molecule has 0 saturated heterocycles. The van der Waals surface area contributed by atoms with Gasteiger partial charge < -0.3 is 9.47 Å². The van der Waals surface area contributed by atoms with E-state index in [1.54, 1.807) is 26.4 Å². The van der Waals surface area contributed by atoms with Crippen LogP contribution >= 0.6 is 0 Å². The van der Waals surface area contributed by atoms with Crippen LogP contribution in [0, 0.1) is 29.1 Å². The summed E-state index contributed by atoms with van der Waals surface area (Å²) in [7, 11) is 3.15. The second-order valence-electron chi connectivity index (χ2n) is 8.25. The number of hydrogen-bond acceptors (Lipinski definition) is 2. The molecule has 2 nitrogen and oxygen atoms in total. The molecule has 2 rings (SSSR count). The van der Waals surface area contributed by atoms with Crippen LogP contribution in [0.2, 0.25) is 0 Å². The largest absolute Gasteiger partial charge is 0.353 e. The fraction of sp³-hybridized carbons (Fsp3) is 0.538. The lowest BCUT2D eigenvalue weighted by Crippen LogP contribution is -2.40. The Morgan fingerprint density at radius 1 is 0.697 bits per heavy atom. The Bertz CT molecular complexity index is 857. The molecule has 0 heterocycles. The molecule has 0 aliphatic rings. The van der Waals surface area contributed by atoms with Crippen LogP contribution in [0.4, 0.5) is 22.0 Å². The lowest BCUT2D eigenvalue weighted by molar-refractivity contribution is -0.225. The molecule has 7 heteroatoms. The van der Waals surface area contributed by atoms with E-state index < -0.39 is 40.4 Å². The van der Waals surface area contributed by atoms with Gasteiger partial charge in [-0.1, -0.05) is 76.6 Å². The zero-order valence-corrected chi connectivity index (χ0v) is 19.7. The second-order valence-corrected chi connectivity index (χ2v) is 8.25. The summed E-state index contributed by atoms with van der Waals surface area (Å²) in [6.45, 7) is 4.11. The van der Waals surface area contributed by atoms with E-state index in [1.165, 1.54) is 31.4 Å². The maximum atomic E-state index is 14.2. The van der Waals surface area contributed by atoms with Gasteiger partial charge >= 0.3 is 0 Å². The van der Waals surface area contributed by atoms with Gasteiger partial charge in [-0.05, 0) is 24.0 Å². The minimum absolute atomic E-state index is 0.0956. The normalized spacial score (nSPS) is 12.9. The molecule has 0 amide bonds. The van der Waals surface area contributed by atoms with Crippen molar-refractivity contribution in [3.05, 3.63) is 58.9 Å². The van der Waals surface area contributed by atoms with E-state index >= 15 is 0 Å². The molecule has 2 aromatic rings. The van der Waals surface area contributed by atoms with Gasteiger partial charge in [-0.2, -0.15) is 0 Å². The molecule has 33 heavy (non-hydrogen) atoms. The van der Waals surface area contributed by atoms with Crippen molar-refractivity contribution in [2.24, 2.45) is 0 Å². The third-order valence-electron chi connectivity index (χ3n) is 6.37. The molecule has 0 aromatic heterocycles. The Morgan fingerprint density at radius 3 is 1.67 bits per heavy atom. The zero-order valence-electron chi connectivity index (χ0n) is 19.7. The highest BCUT2D eigenvalue weighted by atomic mass is 19.2. The highest BCUT2D eigenvalue weighted by molar-refractivity contribution is 5.65. The number of rotatable bonds is 13. The smallest absolute Gasteiger partial charge is 0.200 e. The van der Waals surface area contributed by atoms with Crippen LogP contribution in [0.15, 0.2) is 24.3 Å². The standard InChI is InChI=1S/C26H33F5O2/c1-5-7-8-9-10-11-12-19(26(6-2,32-3)33-4)17-13-15-18(16-14-17)20-21(27)23(29)25(31)24(30)22(20)28/h13-16,19H,5-12H2,1-4H3. The van der Waals surface area contributed by atoms with Gasteiger partial charge in [-0.3, -0.25) is 0 Å². The van der Waals surface area contributed by atoms with Crippen molar-refractivity contribution in [2.75, 3.05) is 14.2 Å². The topological polar surface area (TPSA) is 18.5 Å². The molecule has 0 bridgehead atoms. The SMILES string of the molecule is CCCCCCCCC(c1ccc(-c2c(F)c(F)c(F)c(F)c2F)cc1)C(CC)(OC)OC. The number of methoxy groups -OCH3 is 2. The third-order valence-corrected chi connectivity index (χ3v) is 6.37. The number of ether oxygens (including phenoxy) is 2. The van der Waals surface area contributed by atoms with Gasteiger partial charge in [0.15, 0.2) is 29.1 Å². The van der Waals surface area contributed by atoms with E-state index in [1.807, 2.05) is 6.92 Å². The van der Waals surface area contributed by atoms with Crippen molar-refractivity contribution < 1.29 is 31.4 Å². The average Bonchev–Trinajstić information content (AvgIpc) is 2.84. The summed E-state index contributed by atoms with van der Waals surface area (Å²) in [5.41, 5.74) is -0.228. The third kappa shape index (κ3) is 5.93. The van der Waals surface area contributed by atoms with Gasteiger partial charge in [0.05, 0.1) is 5.56 Å². The average molecular weight is 473 g/mol. The number of halogens is 5. The molecular formula is C26H33F5O2. The van der Waals surface area contributed by atoms with Gasteiger partial charge in [0.2, 0.25) is 5.82 Å². The molecule has 0 N–H and O–H groups in total. The predicted octanol–water partition coefficient (Wildman–Crippen LogP) is 8.28. The fourth-order valence-electron chi connectivity index (χ4n) is 4.41. The lowest BCUT2D eigenvalue weighted by atomic mass is 9.83. The van der Waals surface area contributed by atoms with Gasteiger partial charge in [0.25, 0.3) is 0 Å². The van der Waals surface area contributed by atoms with Gasteiger partial charge in [0.1, 0.15) is 0 Å². The highest BCUT2D eigenvalue weighted by Gasteiger charge is 2.38. The molecule has 184 valence electrons. The second kappa shape index (κ2) is 12.5. The maximum Gasteiger partial charge on any atom is 0.200 e. The summed E-state index contributed by atoms with van der Waals surface area (Å²) in [6, 6.07) is 6.01. The van der Waals surface area contributed by atoms with Crippen LogP contribution in [-0.4, -0.2) is 20.0 Å². The van der Waals surface area contributed by atoms with Crippen LogP contribution in [0.1, 0.15) is 76.7 Å². The van der Waals surface area contributed by atoms with Crippen molar-refractivity contribution in [2.45, 2.75) is 76.9 Å². The quantitative estimate of drug-likeness (QED) is 0.0960. The molecule has 0 radical (unpaired) electrons. The van der Waals surface area contributed by atoms with Crippen LogP contribution in [0.25, 0.3) is 11.1 Å². The lowest BCUT2D eigenvalue weighted by Gasteiger charge is -2.38. The summed E-state index contributed by atoms with van der Waals surface area (Å²) in [4.78, 5) is 0. The molecule has 0 fully saturated rings. The van der Waals surface area contributed by atoms with Gasteiger partial charge in [-0.25, -0.2) is 22.0 Å². The predicted molar refractivity (Wildman–Crippen MR) is 119 cm³/mol. The Balaban J connectivity index is 2.36. The number of benzene rings is 2. The fourth-order valence-corrected chi connectivity index (χ4v) is 4.41. The summed E-state index contributed by atoms with van der Waals surface area (Å²) in [5.74, 6) is -10.9. The molecule has 0 saturated carbocycles. The Morgan fingerprint density at radius 2 is 1.18 bits per heavy atom. The summed E-state index contributed by atoms with van der Waals surface area (Å²) in [5, 5.41) is 0. The van der Waals surface area contributed by atoms with Gasteiger partial charge in [-0.15, -0.1) is 0 Å². The molecule has 1 unspecified atom stereocenters. The Labute approximate surface area is 193 Å². The van der Waals surface area contributed by atoms with E-state index in [9.17, 15) is 22.0 Å². The van der Waals surface area contributed by atoms with Crippen LogP contribution in [-0.2, 0) is 9.47 Å². The van der Waals surface area contributed by atoms with E-state index in [0.29, 0.717) is 6.42 Å². The number of hydrogen-bond donors (Lipinski definition) is 0. The van der Waals surface area contributed by atoms with Crippen molar-refractivity contribution in [1.29, 1.82) is 0 Å². The minimum Gasteiger partial charge on any atom is -0.353 e. The van der Waals surface area contributed by atoms with Crippen molar-refractivity contribution in [1.82, 2.24) is 0 Å². The van der Waals surface area contributed by atoms with Crippen molar-refractivity contribution in [3.63, 3.8) is 0 Å². The first-order valence-electron chi connectivity index (χ1n) is 11.5. The first-order valence-corrected chi connectivity index (χ1v) is 11.5. The Hall–Kier alpha value is -1.99. The Kier molecular flexibility index (Phi) is 10.3. The zero-order chi connectivity index (χ0) is 24.6. The van der Waals surface area contributed by atoms with Crippen LogP contribution in [0.3, 0.4) is 0 Å². The molecular weight excluding hydrogens is 439 g/mol.